The Morgan fingerprint density at radius 1 is 0.704 bits per heavy atom. The molecule has 27 heavy (non-hydrogen) atoms. The third-order valence-corrected chi connectivity index (χ3v) is 4.55. The third-order valence-electron chi connectivity index (χ3n) is 4.55. The zero-order chi connectivity index (χ0) is 18.8. The maximum absolute atomic E-state index is 13.3. The molecule has 4 nitrogen and oxygen atoms in total. The first-order chi connectivity index (χ1) is 13.2. The first kappa shape index (κ1) is 16.8. The van der Waals surface area contributed by atoms with Crippen LogP contribution >= 0.6 is 0 Å². The van der Waals surface area contributed by atoms with Gasteiger partial charge >= 0.3 is 0 Å². The number of anilines is 2. The molecule has 2 amide bonds. The predicted octanol–water partition coefficient (Wildman–Crippen LogP) is 4.39. The molecular weight excluding hydrogens is 336 g/mol. The van der Waals surface area contributed by atoms with Crippen LogP contribution < -0.4 is 10.2 Å². The molecule has 132 valence electrons. The zero-order valence-electron chi connectivity index (χ0n) is 14.8. The van der Waals surface area contributed by atoms with Crippen molar-refractivity contribution in [3.8, 4) is 0 Å². The molecular formula is C23H18N2O2. The predicted molar refractivity (Wildman–Crippen MR) is 107 cm³/mol. The molecule has 1 heterocycles. The smallest absolute Gasteiger partial charge is 0.282 e. The Balaban J connectivity index is 1.84. The average Bonchev–Trinajstić information content (AvgIpc) is 2.94. The number of para-hydroxylation sites is 2. The van der Waals surface area contributed by atoms with Gasteiger partial charge in [0.1, 0.15) is 5.70 Å². The maximum atomic E-state index is 13.3. The lowest BCUT2D eigenvalue weighted by Gasteiger charge is -2.17. The minimum absolute atomic E-state index is 0.292. The molecule has 0 aromatic heterocycles. The molecule has 4 rings (SSSR count). The summed E-state index contributed by atoms with van der Waals surface area (Å²) in [6, 6.07) is 26.1. The van der Waals surface area contributed by atoms with Crippen LogP contribution in [0.5, 0.6) is 0 Å². The number of hydrogen-bond donors (Lipinski definition) is 1. The van der Waals surface area contributed by atoms with Gasteiger partial charge in [-0.2, -0.15) is 0 Å². The van der Waals surface area contributed by atoms with Crippen LogP contribution in [0, 0.1) is 6.92 Å². The molecule has 0 saturated heterocycles. The molecule has 0 spiro atoms. The number of carbonyl (C=O) groups is 2. The summed E-state index contributed by atoms with van der Waals surface area (Å²) in [6.45, 7) is 1.89. The monoisotopic (exact) mass is 354 g/mol. The summed E-state index contributed by atoms with van der Waals surface area (Å²) >= 11 is 0. The van der Waals surface area contributed by atoms with E-state index in [2.05, 4.69) is 5.32 Å². The number of nitrogens with zero attached hydrogens (tertiary/aromatic N) is 1. The van der Waals surface area contributed by atoms with Crippen molar-refractivity contribution >= 4 is 28.8 Å². The molecule has 0 saturated carbocycles. The Labute approximate surface area is 157 Å². The first-order valence-corrected chi connectivity index (χ1v) is 8.73. The van der Waals surface area contributed by atoms with Crippen LogP contribution in [0.3, 0.4) is 0 Å². The quantitative estimate of drug-likeness (QED) is 0.707. The minimum atomic E-state index is -0.350. The topological polar surface area (TPSA) is 49.4 Å². The van der Waals surface area contributed by atoms with Gasteiger partial charge in [0.05, 0.1) is 11.3 Å². The van der Waals surface area contributed by atoms with Crippen LogP contribution in [-0.2, 0) is 9.59 Å². The van der Waals surface area contributed by atoms with E-state index in [1.54, 1.807) is 6.07 Å². The van der Waals surface area contributed by atoms with Crippen LogP contribution in [0.15, 0.2) is 90.6 Å². The van der Waals surface area contributed by atoms with Crippen molar-refractivity contribution < 1.29 is 9.59 Å². The number of imide groups is 1. The molecule has 1 aliphatic heterocycles. The maximum Gasteiger partial charge on any atom is 0.282 e. The van der Waals surface area contributed by atoms with E-state index >= 15 is 0 Å². The van der Waals surface area contributed by atoms with Crippen LogP contribution in [0.2, 0.25) is 0 Å². The van der Waals surface area contributed by atoms with Gasteiger partial charge < -0.3 is 5.32 Å². The Morgan fingerprint density at radius 2 is 1.30 bits per heavy atom. The number of benzene rings is 3. The second-order valence-electron chi connectivity index (χ2n) is 6.34. The van der Waals surface area contributed by atoms with Gasteiger partial charge in [-0.15, -0.1) is 0 Å². The van der Waals surface area contributed by atoms with Gasteiger partial charge in [-0.3, -0.25) is 9.59 Å². The van der Waals surface area contributed by atoms with E-state index in [9.17, 15) is 9.59 Å². The van der Waals surface area contributed by atoms with Crippen LogP contribution in [-0.4, -0.2) is 11.8 Å². The number of carbonyl (C=O) groups excluding carboxylic acids is 2. The highest BCUT2D eigenvalue weighted by atomic mass is 16.2. The van der Waals surface area contributed by atoms with Crippen molar-refractivity contribution in [1.82, 2.24) is 0 Å². The normalized spacial score (nSPS) is 14.0. The minimum Gasteiger partial charge on any atom is -0.350 e. The number of amides is 2. The summed E-state index contributed by atoms with van der Waals surface area (Å²) in [5, 5.41) is 3.16. The Hall–Kier alpha value is -3.66. The van der Waals surface area contributed by atoms with Crippen molar-refractivity contribution in [3.63, 3.8) is 0 Å². The summed E-state index contributed by atoms with van der Waals surface area (Å²) in [5.74, 6) is -0.670. The lowest BCUT2D eigenvalue weighted by Crippen LogP contribution is -2.32. The molecule has 4 heteroatoms. The summed E-state index contributed by atoms with van der Waals surface area (Å²) in [4.78, 5) is 27.8. The lowest BCUT2D eigenvalue weighted by atomic mass is 10.0. The summed E-state index contributed by atoms with van der Waals surface area (Å²) in [7, 11) is 0. The van der Waals surface area contributed by atoms with E-state index in [0.717, 1.165) is 11.3 Å². The first-order valence-electron chi connectivity index (χ1n) is 8.73. The summed E-state index contributed by atoms with van der Waals surface area (Å²) < 4.78 is 0. The highest BCUT2D eigenvalue weighted by molar-refractivity contribution is 6.46. The van der Waals surface area contributed by atoms with E-state index in [1.165, 1.54) is 4.90 Å². The van der Waals surface area contributed by atoms with E-state index in [4.69, 9.17) is 0 Å². The largest absolute Gasteiger partial charge is 0.350 e. The number of nitrogens with one attached hydrogen (secondary N) is 1. The van der Waals surface area contributed by atoms with Gasteiger partial charge in [0.15, 0.2) is 0 Å². The second kappa shape index (κ2) is 6.92. The van der Waals surface area contributed by atoms with Gasteiger partial charge in [-0.25, -0.2) is 4.90 Å². The molecule has 1 aliphatic rings. The molecule has 0 unspecified atom stereocenters. The molecule has 1 N–H and O–H groups in total. The molecule has 3 aromatic carbocycles. The number of rotatable bonds is 4. The average molecular weight is 354 g/mol. The van der Waals surface area contributed by atoms with Crippen LogP contribution in [0.1, 0.15) is 11.1 Å². The van der Waals surface area contributed by atoms with Gasteiger partial charge in [0.2, 0.25) is 0 Å². The highest BCUT2D eigenvalue weighted by Gasteiger charge is 2.40. The van der Waals surface area contributed by atoms with Crippen molar-refractivity contribution in [2.24, 2.45) is 0 Å². The van der Waals surface area contributed by atoms with Crippen LogP contribution in [0.25, 0.3) is 5.57 Å². The van der Waals surface area contributed by atoms with E-state index in [0.29, 0.717) is 22.5 Å². The van der Waals surface area contributed by atoms with Gasteiger partial charge in [-0.05, 0) is 36.2 Å². The molecule has 3 aromatic rings. The van der Waals surface area contributed by atoms with Crippen molar-refractivity contribution in [2.75, 3.05) is 10.2 Å². The Kier molecular flexibility index (Phi) is 4.30. The van der Waals surface area contributed by atoms with E-state index < -0.39 is 0 Å². The van der Waals surface area contributed by atoms with Gasteiger partial charge in [-0.1, -0.05) is 66.7 Å². The van der Waals surface area contributed by atoms with Crippen molar-refractivity contribution in [2.45, 2.75) is 6.92 Å². The van der Waals surface area contributed by atoms with Crippen molar-refractivity contribution in [1.29, 1.82) is 0 Å². The summed E-state index contributed by atoms with van der Waals surface area (Å²) in [5.41, 5.74) is 3.62. The van der Waals surface area contributed by atoms with Crippen LogP contribution in [0.4, 0.5) is 11.4 Å². The molecule has 0 atom stereocenters. The molecule has 0 aliphatic carbocycles. The number of hydrogen-bond acceptors (Lipinski definition) is 3. The SMILES string of the molecule is Cc1ccccc1N1C(=O)C(Nc2ccccc2)=C(c2ccccc2)C1=O. The summed E-state index contributed by atoms with van der Waals surface area (Å²) in [6.07, 6.45) is 0. The highest BCUT2D eigenvalue weighted by Crippen LogP contribution is 2.34. The number of aryl methyl sites for hydroxylation is 1. The Bertz CT molecular complexity index is 1040. The zero-order valence-corrected chi connectivity index (χ0v) is 14.8. The standard InChI is InChI=1S/C23H18N2O2/c1-16-10-8-9-15-19(16)25-22(26)20(17-11-4-2-5-12-17)21(23(25)27)24-18-13-6-3-7-14-18/h2-15,24H,1H3. The van der Waals surface area contributed by atoms with Crippen molar-refractivity contribution in [3.05, 3.63) is 102 Å². The van der Waals surface area contributed by atoms with E-state index in [1.807, 2.05) is 85.8 Å². The Morgan fingerprint density at radius 3 is 1.96 bits per heavy atom. The fraction of sp³-hybridized carbons (Fsp3) is 0.0435. The van der Waals surface area contributed by atoms with E-state index in [-0.39, 0.29) is 11.8 Å². The van der Waals surface area contributed by atoms with Gasteiger partial charge in [0, 0.05) is 5.69 Å². The molecule has 0 bridgehead atoms. The fourth-order valence-electron chi connectivity index (χ4n) is 3.22. The molecule has 0 radical (unpaired) electrons. The fourth-order valence-corrected chi connectivity index (χ4v) is 3.22. The molecule has 0 fully saturated rings. The van der Waals surface area contributed by atoms with Gasteiger partial charge in [0.25, 0.3) is 11.8 Å². The second-order valence-corrected chi connectivity index (χ2v) is 6.34. The lowest BCUT2D eigenvalue weighted by molar-refractivity contribution is -0.120. The third kappa shape index (κ3) is 3.02.